The molecular formula is C17H22N2O6. The van der Waals surface area contributed by atoms with E-state index in [1.54, 1.807) is 25.1 Å². The Labute approximate surface area is 145 Å². The van der Waals surface area contributed by atoms with Gasteiger partial charge in [-0.2, -0.15) is 0 Å². The van der Waals surface area contributed by atoms with Crippen LogP contribution < -0.4 is 14.8 Å². The summed E-state index contributed by atoms with van der Waals surface area (Å²) in [5, 5.41) is 25.9. The van der Waals surface area contributed by atoms with Crippen LogP contribution in [0, 0.1) is 0 Å². The van der Waals surface area contributed by atoms with Crippen molar-refractivity contribution in [1.82, 2.24) is 5.16 Å². The molecule has 0 aliphatic carbocycles. The van der Waals surface area contributed by atoms with Crippen molar-refractivity contribution in [3.05, 3.63) is 35.5 Å². The molecule has 0 bridgehead atoms. The SMILES string of the molecule is CCC(O)(CCO)c1cc(NC(=O)c2c(OC)cccc2OC)on1. The highest BCUT2D eigenvalue weighted by Crippen LogP contribution is 2.31. The Morgan fingerprint density at radius 2 is 1.96 bits per heavy atom. The molecule has 1 atom stereocenters. The third kappa shape index (κ3) is 3.92. The second kappa shape index (κ2) is 8.00. The first-order valence-electron chi connectivity index (χ1n) is 7.81. The van der Waals surface area contributed by atoms with Crippen LogP contribution in [0.4, 0.5) is 5.88 Å². The number of hydrogen-bond acceptors (Lipinski definition) is 7. The van der Waals surface area contributed by atoms with Crippen LogP contribution in [0.25, 0.3) is 0 Å². The number of nitrogens with zero attached hydrogens (tertiary/aromatic N) is 1. The molecule has 0 aliphatic heterocycles. The van der Waals surface area contributed by atoms with Crippen LogP contribution in [-0.4, -0.2) is 42.1 Å². The lowest BCUT2D eigenvalue weighted by atomic mass is 9.93. The maximum absolute atomic E-state index is 12.6. The summed E-state index contributed by atoms with van der Waals surface area (Å²) in [7, 11) is 2.91. The minimum Gasteiger partial charge on any atom is -0.496 e. The van der Waals surface area contributed by atoms with Gasteiger partial charge in [-0.05, 0) is 18.6 Å². The van der Waals surface area contributed by atoms with Gasteiger partial charge < -0.3 is 24.2 Å². The average Bonchev–Trinajstić information content (AvgIpc) is 3.10. The fraction of sp³-hybridized carbons (Fsp3) is 0.412. The van der Waals surface area contributed by atoms with E-state index in [0.717, 1.165) is 0 Å². The van der Waals surface area contributed by atoms with Crippen molar-refractivity contribution in [1.29, 1.82) is 0 Å². The van der Waals surface area contributed by atoms with Crippen LogP contribution in [0.1, 0.15) is 35.8 Å². The van der Waals surface area contributed by atoms with Gasteiger partial charge in [-0.25, -0.2) is 0 Å². The first kappa shape index (κ1) is 18.8. The van der Waals surface area contributed by atoms with Crippen LogP contribution in [0.2, 0.25) is 0 Å². The maximum atomic E-state index is 12.6. The number of methoxy groups -OCH3 is 2. The second-order valence-corrected chi connectivity index (χ2v) is 5.43. The molecule has 3 N–H and O–H groups in total. The monoisotopic (exact) mass is 350 g/mol. The number of ether oxygens (including phenoxy) is 2. The molecule has 1 aromatic heterocycles. The van der Waals surface area contributed by atoms with Crippen molar-refractivity contribution in [3.63, 3.8) is 0 Å². The molecule has 2 rings (SSSR count). The summed E-state index contributed by atoms with van der Waals surface area (Å²) in [4.78, 5) is 12.6. The average molecular weight is 350 g/mol. The highest BCUT2D eigenvalue weighted by Gasteiger charge is 2.31. The lowest BCUT2D eigenvalue weighted by Crippen LogP contribution is -2.26. The largest absolute Gasteiger partial charge is 0.496 e. The Morgan fingerprint density at radius 1 is 1.32 bits per heavy atom. The molecule has 2 aromatic rings. The van der Waals surface area contributed by atoms with Gasteiger partial charge in [0.2, 0.25) is 5.88 Å². The second-order valence-electron chi connectivity index (χ2n) is 5.43. The molecule has 0 aliphatic rings. The number of nitrogens with one attached hydrogen (secondary N) is 1. The Bertz CT molecular complexity index is 707. The first-order valence-corrected chi connectivity index (χ1v) is 7.81. The number of aromatic nitrogens is 1. The molecule has 1 amide bonds. The van der Waals surface area contributed by atoms with Crippen LogP contribution >= 0.6 is 0 Å². The predicted molar refractivity (Wildman–Crippen MR) is 89.9 cm³/mol. The zero-order chi connectivity index (χ0) is 18.4. The number of anilines is 1. The summed E-state index contributed by atoms with van der Waals surface area (Å²) in [5.41, 5.74) is -0.860. The molecule has 25 heavy (non-hydrogen) atoms. The number of aliphatic hydroxyl groups excluding tert-OH is 1. The normalized spacial score (nSPS) is 13.2. The van der Waals surface area contributed by atoms with E-state index in [-0.39, 0.29) is 30.2 Å². The third-order valence-electron chi connectivity index (χ3n) is 3.99. The van der Waals surface area contributed by atoms with Crippen LogP contribution in [0.3, 0.4) is 0 Å². The van der Waals surface area contributed by atoms with Gasteiger partial charge in [-0.1, -0.05) is 18.1 Å². The molecule has 8 nitrogen and oxygen atoms in total. The summed E-state index contributed by atoms with van der Waals surface area (Å²) < 4.78 is 15.5. The number of benzene rings is 1. The molecule has 1 heterocycles. The van der Waals surface area contributed by atoms with E-state index in [1.165, 1.54) is 20.3 Å². The van der Waals surface area contributed by atoms with Crippen LogP contribution in [0.5, 0.6) is 11.5 Å². The molecular weight excluding hydrogens is 328 g/mol. The fourth-order valence-electron chi connectivity index (χ4n) is 2.47. The zero-order valence-corrected chi connectivity index (χ0v) is 14.4. The molecule has 8 heteroatoms. The minimum atomic E-state index is -1.32. The molecule has 0 fully saturated rings. The van der Waals surface area contributed by atoms with E-state index in [1.807, 2.05) is 0 Å². The van der Waals surface area contributed by atoms with Gasteiger partial charge in [0.05, 0.1) is 14.2 Å². The van der Waals surface area contributed by atoms with Crippen LogP contribution in [-0.2, 0) is 5.60 Å². The molecule has 0 radical (unpaired) electrons. The molecule has 0 saturated carbocycles. The number of hydrogen-bond donors (Lipinski definition) is 3. The maximum Gasteiger partial charge on any atom is 0.265 e. The smallest absolute Gasteiger partial charge is 0.265 e. The Balaban J connectivity index is 2.26. The van der Waals surface area contributed by atoms with E-state index < -0.39 is 11.5 Å². The fourth-order valence-corrected chi connectivity index (χ4v) is 2.47. The zero-order valence-electron chi connectivity index (χ0n) is 14.4. The summed E-state index contributed by atoms with van der Waals surface area (Å²) in [6.45, 7) is 1.57. The van der Waals surface area contributed by atoms with Crippen molar-refractivity contribution >= 4 is 11.8 Å². The quantitative estimate of drug-likeness (QED) is 0.666. The van der Waals surface area contributed by atoms with Gasteiger partial charge >= 0.3 is 0 Å². The number of amides is 1. The standard InChI is InChI=1S/C17H22N2O6/c1-4-17(22,8-9-20)13-10-14(25-19-13)18-16(21)15-11(23-2)6-5-7-12(15)24-3/h5-7,10,20,22H,4,8-9H2,1-3H3,(H,18,21). The van der Waals surface area contributed by atoms with Gasteiger partial charge in [0, 0.05) is 19.1 Å². The van der Waals surface area contributed by atoms with E-state index in [4.69, 9.17) is 19.1 Å². The van der Waals surface area contributed by atoms with Crippen molar-refractivity contribution in [3.8, 4) is 11.5 Å². The van der Waals surface area contributed by atoms with Crippen molar-refractivity contribution in [2.45, 2.75) is 25.4 Å². The number of carbonyl (C=O) groups is 1. The van der Waals surface area contributed by atoms with E-state index >= 15 is 0 Å². The number of rotatable bonds is 8. The highest BCUT2D eigenvalue weighted by atomic mass is 16.5. The summed E-state index contributed by atoms with van der Waals surface area (Å²) in [6.07, 6.45) is 0.456. The summed E-state index contributed by atoms with van der Waals surface area (Å²) in [6, 6.07) is 6.41. The number of carbonyl (C=O) groups excluding carboxylic acids is 1. The summed E-state index contributed by atoms with van der Waals surface area (Å²) >= 11 is 0. The van der Waals surface area contributed by atoms with E-state index in [0.29, 0.717) is 17.9 Å². The third-order valence-corrected chi connectivity index (χ3v) is 3.99. The van der Waals surface area contributed by atoms with E-state index in [2.05, 4.69) is 10.5 Å². The van der Waals surface area contributed by atoms with Crippen molar-refractivity contribution in [2.75, 3.05) is 26.1 Å². The Kier molecular flexibility index (Phi) is 6.00. The molecule has 1 aromatic carbocycles. The van der Waals surface area contributed by atoms with Gasteiger partial charge in [-0.3, -0.25) is 10.1 Å². The van der Waals surface area contributed by atoms with Gasteiger partial charge in [-0.15, -0.1) is 0 Å². The van der Waals surface area contributed by atoms with Gasteiger partial charge in [0.1, 0.15) is 28.4 Å². The highest BCUT2D eigenvalue weighted by molar-refractivity contribution is 6.07. The minimum absolute atomic E-state index is 0.0674. The van der Waals surface area contributed by atoms with Crippen LogP contribution in [0.15, 0.2) is 28.8 Å². The lowest BCUT2D eigenvalue weighted by molar-refractivity contribution is 0.00139. The topological polar surface area (TPSA) is 114 Å². The molecule has 0 spiro atoms. The Hall–Kier alpha value is -2.58. The number of aliphatic hydroxyl groups is 2. The Morgan fingerprint density at radius 3 is 2.48 bits per heavy atom. The summed E-state index contributed by atoms with van der Waals surface area (Å²) in [5.74, 6) is 0.265. The molecule has 136 valence electrons. The van der Waals surface area contributed by atoms with Gasteiger partial charge in [0.15, 0.2) is 0 Å². The molecule has 0 saturated heterocycles. The predicted octanol–water partition coefficient (Wildman–Crippen LogP) is 1.92. The van der Waals surface area contributed by atoms with Gasteiger partial charge in [0.25, 0.3) is 5.91 Å². The van der Waals surface area contributed by atoms with Crippen molar-refractivity contribution in [2.24, 2.45) is 0 Å². The van der Waals surface area contributed by atoms with Crippen molar-refractivity contribution < 1.29 is 29.0 Å². The molecule has 1 unspecified atom stereocenters. The first-order chi connectivity index (χ1) is 12.0. The lowest BCUT2D eigenvalue weighted by Gasteiger charge is -2.22. The van der Waals surface area contributed by atoms with E-state index in [9.17, 15) is 9.90 Å².